The van der Waals surface area contributed by atoms with E-state index >= 15 is 0 Å². The molecule has 0 bridgehead atoms. The van der Waals surface area contributed by atoms with Gasteiger partial charge in [0, 0.05) is 6.54 Å². The van der Waals surface area contributed by atoms with E-state index in [-0.39, 0.29) is 11.9 Å². The number of aromatic nitrogens is 2. The summed E-state index contributed by atoms with van der Waals surface area (Å²) in [6.45, 7) is 0.496. The summed E-state index contributed by atoms with van der Waals surface area (Å²) in [7, 11) is 5.59. The Balaban J connectivity index is 2.03. The molecule has 0 saturated heterocycles. The molecule has 0 spiro atoms. The van der Waals surface area contributed by atoms with E-state index in [1.807, 2.05) is 38.4 Å². The molecule has 6 nitrogen and oxygen atoms in total. The average Bonchev–Trinajstić information content (AvgIpc) is 3.02. The number of benzene rings is 1. The van der Waals surface area contributed by atoms with Crippen molar-refractivity contribution in [3.8, 4) is 5.75 Å². The predicted molar refractivity (Wildman–Crippen MR) is 81.7 cm³/mol. The predicted octanol–water partition coefficient (Wildman–Crippen LogP) is 1.58. The van der Waals surface area contributed by atoms with E-state index in [0.717, 1.165) is 23.0 Å². The number of nitrogens with one attached hydrogen (secondary N) is 1. The van der Waals surface area contributed by atoms with Crippen LogP contribution in [0.1, 0.15) is 22.1 Å². The minimum absolute atomic E-state index is 0.0754. The summed E-state index contributed by atoms with van der Waals surface area (Å²) in [6, 6.07) is 7.90. The minimum Gasteiger partial charge on any atom is -0.497 e. The number of methoxy groups -OCH3 is 1. The summed E-state index contributed by atoms with van der Waals surface area (Å²) >= 11 is 1.02. The zero-order valence-corrected chi connectivity index (χ0v) is 13.1. The Hall–Kier alpha value is -1.99. The highest BCUT2D eigenvalue weighted by Gasteiger charge is 2.16. The number of nitrogens with zero attached hydrogens (tertiary/aromatic N) is 3. The quantitative estimate of drug-likeness (QED) is 0.877. The molecule has 112 valence electrons. The lowest BCUT2D eigenvalue weighted by Crippen LogP contribution is -2.34. The molecule has 0 aliphatic rings. The maximum absolute atomic E-state index is 11.9. The first-order valence-electron chi connectivity index (χ1n) is 6.48. The molecule has 2 aromatic rings. The summed E-state index contributed by atoms with van der Waals surface area (Å²) in [5, 5.41) is 2.89. The number of carbonyl (C=O) groups excluding carboxylic acids is 1. The van der Waals surface area contributed by atoms with Crippen LogP contribution in [0.2, 0.25) is 0 Å². The van der Waals surface area contributed by atoms with Crippen LogP contribution in [0.25, 0.3) is 0 Å². The second-order valence-corrected chi connectivity index (χ2v) is 5.31. The van der Waals surface area contributed by atoms with Gasteiger partial charge in [-0.05, 0) is 31.8 Å². The van der Waals surface area contributed by atoms with E-state index in [4.69, 9.17) is 4.74 Å². The van der Waals surface area contributed by atoms with Crippen LogP contribution >= 0.6 is 11.7 Å². The summed E-state index contributed by atoms with van der Waals surface area (Å²) in [6.07, 6.45) is 1.47. The summed E-state index contributed by atoms with van der Waals surface area (Å²) in [4.78, 5) is 14.0. The van der Waals surface area contributed by atoms with Gasteiger partial charge in [0.1, 0.15) is 5.75 Å². The van der Waals surface area contributed by atoms with Gasteiger partial charge in [0.05, 0.1) is 31.1 Å². The van der Waals surface area contributed by atoms with E-state index in [1.54, 1.807) is 7.11 Å². The number of ether oxygens (including phenoxy) is 1. The van der Waals surface area contributed by atoms with Crippen LogP contribution in [0.5, 0.6) is 5.75 Å². The lowest BCUT2D eigenvalue weighted by atomic mass is 10.1. The molecule has 7 heteroatoms. The minimum atomic E-state index is -0.205. The van der Waals surface area contributed by atoms with E-state index in [9.17, 15) is 4.79 Å². The number of hydrogen-bond acceptors (Lipinski definition) is 6. The van der Waals surface area contributed by atoms with Gasteiger partial charge in [-0.3, -0.25) is 4.79 Å². The van der Waals surface area contributed by atoms with E-state index in [2.05, 4.69) is 19.0 Å². The van der Waals surface area contributed by atoms with Gasteiger partial charge in [-0.2, -0.15) is 8.75 Å². The molecule has 1 N–H and O–H groups in total. The van der Waals surface area contributed by atoms with Crippen LogP contribution in [0, 0.1) is 0 Å². The van der Waals surface area contributed by atoms with Gasteiger partial charge in [0.2, 0.25) is 0 Å². The van der Waals surface area contributed by atoms with Crippen molar-refractivity contribution in [2.75, 3.05) is 27.7 Å². The fraction of sp³-hybridized carbons (Fsp3) is 0.357. The van der Waals surface area contributed by atoms with E-state index < -0.39 is 0 Å². The van der Waals surface area contributed by atoms with Gasteiger partial charge in [-0.1, -0.05) is 12.1 Å². The van der Waals surface area contributed by atoms with Gasteiger partial charge in [-0.15, -0.1) is 0 Å². The second kappa shape index (κ2) is 7.14. The Labute approximate surface area is 128 Å². The highest BCUT2D eigenvalue weighted by molar-refractivity contribution is 6.99. The lowest BCUT2D eigenvalue weighted by Gasteiger charge is -2.25. The first-order chi connectivity index (χ1) is 10.1. The molecule has 21 heavy (non-hydrogen) atoms. The highest BCUT2D eigenvalue weighted by Crippen LogP contribution is 2.20. The molecular formula is C14H18N4O2S. The Morgan fingerprint density at radius 1 is 1.38 bits per heavy atom. The van der Waals surface area contributed by atoms with Crippen LogP contribution in [0.3, 0.4) is 0 Å². The third kappa shape index (κ3) is 3.99. The SMILES string of the molecule is COc1ccc(C(CNC(=O)c2cnsn2)N(C)C)cc1. The van der Waals surface area contributed by atoms with Crippen molar-refractivity contribution in [3.63, 3.8) is 0 Å². The average molecular weight is 306 g/mol. The monoisotopic (exact) mass is 306 g/mol. The van der Waals surface area contributed by atoms with E-state index in [1.165, 1.54) is 6.20 Å². The molecular weight excluding hydrogens is 288 g/mol. The molecule has 0 radical (unpaired) electrons. The smallest absolute Gasteiger partial charge is 0.272 e. The molecule has 0 aliphatic heterocycles. The van der Waals surface area contributed by atoms with Crippen molar-refractivity contribution in [1.29, 1.82) is 0 Å². The van der Waals surface area contributed by atoms with Crippen molar-refractivity contribution in [2.24, 2.45) is 0 Å². The van der Waals surface area contributed by atoms with E-state index in [0.29, 0.717) is 12.2 Å². The Bertz CT molecular complexity index is 569. The zero-order chi connectivity index (χ0) is 15.2. The molecule has 1 aromatic carbocycles. The summed E-state index contributed by atoms with van der Waals surface area (Å²) in [5.41, 5.74) is 1.46. The third-order valence-electron chi connectivity index (χ3n) is 3.17. The van der Waals surface area contributed by atoms with Gasteiger partial charge >= 0.3 is 0 Å². The first kappa shape index (κ1) is 15.4. The maximum atomic E-state index is 11.9. The van der Waals surface area contributed by atoms with Crippen molar-refractivity contribution in [1.82, 2.24) is 19.0 Å². The van der Waals surface area contributed by atoms with Crippen LogP contribution in [-0.2, 0) is 0 Å². The Morgan fingerprint density at radius 2 is 2.10 bits per heavy atom. The van der Waals surface area contributed by atoms with Crippen LogP contribution in [0.15, 0.2) is 30.5 Å². The fourth-order valence-corrected chi connectivity index (χ4v) is 2.38. The summed E-state index contributed by atoms with van der Waals surface area (Å²) < 4.78 is 12.9. The largest absolute Gasteiger partial charge is 0.497 e. The fourth-order valence-electron chi connectivity index (χ4n) is 1.97. The number of carbonyl (C=O) groups is 1. The molecule has 1 aromatic heterocycles. The molecule has 0 saturated carbocycles. The maximum Gasteiger partial charge on any atom is 0.272 e. The van der Waals surface area contributed by atoms with Crippen LogP contribution in [0.4, 0.5) is 0 Å². The number of amides is 1. The molecule has 1 unspecified atom stereocenters. The van der Waals surface area contributed by atoms with Crippen molar-refractivity contribution in [2.45, 2.75) is 6.04 Å². The number of hydrogen-bond donors (Lipinski definition) is 1. The van der Waals surface area contributed by atoms with Gasteiger partial charge in [0.25, 0.3) is 5.91 Å². The number of likely N-dealkylation sites (N-methyl/N-ethyl adjacent to an activating group) is 1. The zero-order valence-electron chi connectivity index (χ0n) is 12.2. The molecule has 0 aliphatic carbocycles. The molecule has 2 rings (SSSR count). The van der Waals surface area contributed by atoms with Gasteiger partial charge < -0.3 is 15.0 Å². The van der Waals surface area contributed by atoms with Gasteiger partial charge in [0.15, 0.2) is 5.69 Å². The van der Waals surface area contributed by atoms with Crippen molar-refractivity contribution in [3.05, 3.63) is 41.7 Å². The normalized spacial score (nSPS) is 12.2. The van der Waals surface area contributed by atoms with Crippen molar-refractivity contribution < 1.29 is 9.53 Å². The van der Waals surface area contributed by atoms with Crippen LogP contribution < -0.4 is 10.1 Å². The Kier molecular flexibility index (Phi) is 5.24. The Morgan fingerprint density at radius 3 is 2.62 bits per heavy atom. The first-order valence-corrected chi connectivity index (χ1v) is 7.21. The van der Waals surface area contributed by atoms with Gasteiger partial charge in [-0.25, -0.2) is 0 Å². The topological polar surface area (TPSA) is 67.3 Å². The van der Waals surface area contributed by atoms with Crippen molar-refractivity contribution >= 4 is 17.6 Å². The molecule has 1 atom stereocenters. The summed E-state index contributed by atoms with van der Waals surface area (Å²) in [5.74, 6) is 0.609. The molecule has 1 amide bonds. The second-order valence-electron chi connectivity index (χ2n) is 4.76. The van der Waals surface area contributed by atoms with Crippen LogP contribution in [-0.4, -0.2) is 47.3 Å². The highest BCUT2D eigenvalue weighted by atomic mass is 32.1. The third-order valence-corrected chi connectivity index (χ3v) is 3.65. The standard InChI is InChI=1S/C14H18N4O2S/c1-18(2)13(10-4-6-11(20-3)7-5-10)9-15-14(19)12-8-16-21-17-12/h4-8,13H,9H2,1-3H3,(H,15,19). The molecule has 0 fully saturated rings. The lowest BCUT2D eigenvalue weighted by molar-refractivity contribution is 0.0938. The molecule has 1 heterocycles. The number of rotatable bonds is 6.